The molecule has 1 saturated heterocycles. The van der Waals surface area contributed by atoms with E-state index in [1.54, 1.807) is 13.8 Å². The molecule has 1 aromatic rings. The van der Waals surface area contributed by atoms with Crippen molar-refractivity contribution in [1.29, 1.82) is 0 Å². The molecule has 9 heteroatoms. The quantitative estimate of drug-likeness (QED) is 0.881. The zero-order valence-electron chi connectivity index (χ0n) is 12.3. The fourth-order valence-corrected chi connectivity index (χ4v) is 3.02. The van der Waals surface area contributed by atoms with Crippen LogP contribution in [-0.2, 0) is 21.2 Å². The van der Waals surface area contributed by atoms with Gasteiger partial charge in [-0.15, -0.1) is 11.3 Å². The van der Waals surface area contributed by atoms with E-state index < -0.39 is 17.4 Å². The molecule has 0 aliphatic carbocycles. The average molecular weight is 337 g/mol. The van der Waals surface area contributed by atoms with Gasteiger partial charge in [0.15, 0.2) is 5.69 Å². The third kappa shape index (κ3) is 4.40. The molecule has 1 amide bonds. The zero-order chi connectivity index (χ0) is 16.4. The molecule has 1 aliphatic rings. The molecule has 0 aromatic carbocycles. The molecule has 22 heavy (non-hydrogen) atoms. The smallest absolute Gasteiger partial charge is 0.378 e. The second kappa shape index (κ2) is 6.51. The number of nitrogens with one attached hydrogen (secondary N) is 2. The maximum absolute atomic E-state index is 12.6. The van der Waals surface area contributed by atoms with E-state index in [0.29, 0.717) is 19.8 Å². The van der Waals surface area contributed by atoms with Gasteiger partial charge in [-0.2, -0.15) is 13.2 Å². The van der Waals surface area contributed by atoms with Crippen LogP contribution in [0.2, 0.25) is 0 Å². The minimum atomic E-state index is -4.47. The molecular formula is C13H18F3N3O2S. The largest absolute Gasteiger partial charge is 0.434 e. The minimum Gasteiger partial charge on any atom is -0.378 e. The van der Waals surface area contributed by atoms with Crippen LogP contribution in [0.15, 0.2) is 5.38 Å². The van der Waals surface area contributed by atoms with Crippen LogP contribution < -0.4 is 10.6 Å². The van der Waals surface area contributed by atoms with Gasteiger partial charge in [-0.05, 0) is 13.8 Å². The number of carbonyl (C=O) groups excluding carboxylic acids is 1. The number of hydrogen-bond donors (Lipinski definition) is 2. The summed E-state index contributed by atoms with van der Waals surface area (Å²) in [6.07, 6.45) is -4.26. The van der Waals surface area contributed by atoms with Crippen LogP contribution >= 0.6 is 11.3 Å². The van der Waals surface area contributed by atoms with Gasteiger partial charge < -0.3 is 15.4 Å². The summed E-state index contributed by atoms with van der Waals surface area (Å²) >= 11 is 0.885. The van der Waals surface area contributed by atoms with Crippen molar-refractivity contribution < 1.29 is 22.7 Å². The van der Waals surface area contributed by atoms with Gasteiger partial charge in [0.05, 0.1) is 18.8 Å². The Hall–Kier alpha value is -1.19. The third-order valence-corrected chi connectivity index (χ3v) is 4.38. The van der Waals surface area contributed by atoms with Gasteiger partial charge >= 0.3 is 6.18 Å². The highest BCUT2D eigenvalue weighted by Crippen LogP contribution is 2.33. The van der Waals surface area contributed by atoms with E-state index in [1.807, 2.05) is 0 Å². The molecule has 0 saturated carbocycles. The molecule has 2 rings (SSSR count). The molecule has 2 heterocycles. The summed E-state index contributed by atoms with van der Waals surface area (Å²) in [7, 11) is 0. The first-order valence-electron chi connectivity index (χ1n) is 6.84. The first kappa shape index (κ1) is 17.2. The number of thiazole rings is 1. The Morgan fingerprint density at radius 1 is 1.55 bits per heavy atom. The number of aromatic nitrogens is 1. The highest BCUT2D eigenvalue weighted by molar-refractivity contribution is 7.09. The number of morpholine rings is 1. The van der Waals surface area contributed by atoms with Crippen LogP contribution in [0.1, 0.15) is 31.0 Å². The highest BCUT2D eigenvalue weighted by atomic mass is 32.1. The summed E-state index contributed by atoms with van der Waals surface area (Å²) in [6.45, 7) is 5.01. The molecule has 0 spiro atoms. The maximum atomic E-state index is 12.6. The Bertz CT molecular complexity index is 525. The molecule has 2 N–H and O–H groups in total. The highest BCUT2D eigenvalue weighted by Gasteiger charge is 2.36. The van der Waals surface area contributed by atoms with Gasteiger partial charge in [-0.25, -0.2) is 4.98 Å². The molecular weight excluding hydrogens is 319 g/mol. The first-order valence-corrected chi connectivity index (χ1v) is 7.72. The summed E-state index contributed by atoms with van der Waals surface area (Å²) in [4.78, 5) is 15.6. The van der Waals surface area contributed by atoms with Crippen molar-refractivity contribution in [2.75, 3.05) is 19.8 Å². The van der Waals surface area contributed by atoms with Gasteiger partial charge in [0.25, 0.3) is 0 Å². The molecule has 1 atom stereocenters. The van der Waals surface area contributed by atoms with Crippen LogP contribution in [0.25, 0.3) is 0 Å². The number of nitrogens with zero attached hydrogens (tertiary/aromatic N) is 1. The predicted octanol–water partition coefficient (Wildman–Crippen LogP) is 1.89. The second-order valence-corrected chi connectivity index (χ2v) is 6.50. The summed E-state index contributed by atoms with van der Waals surface area (Å²) < 4.78 is 43.0. The van der Waals surface area contributed by atoms with Crippen molar-refractivity contribution in [2.45, 2.75) is 38.0 Å². The Morgan fingerprint density at radius 2 is 2.27 bits per heavy atom. The van der Waals surface area contributed by atoms with Gasteiger partial charge in [0, 0.05) is 24.4 Å². The zero-order valence-corrected chi connectivity index (χ0v) is 13.1. The fourth-order valence-electron chi connectivity index (χ4n) is 2.12. The SMILES string of the molecule is CC(C)(NC(=O)CC1COCCN1)c1nc(C(F)(F)F)cs1. The molecule has 1 aromatic heterocycles. The van der Waals surface area contributed by atoms with Crippen LogP contribution in [-0.4, -0.2) is 36.7 Å². The lowest BCUT2D eigenvalue weighted by Crippen LogP contribution is -2.47. The lowest BCUT2D eigenvalue weighted by molar-refractivity contribution is -0.140. The lowest BCUT2D eigenvalue weighted by Gasteiger charge is -2.27. The van der Waals surface area contributed by atoms with E-state index >= 15 is 0 Å². The van der Waals surface area contributed by atoms with Crippen LogP contribution in [0.4, 0.5) is 13.2 Å². The molecule has 0 radical (unpaired) electrons. The van der Waals surface area contributed by atoms with Crippen molar-refractivity contribution in [1.82, 2.24) is 15.6 Å². The van der Waals surface area contributed by atoms with E-state index in [-0.39, 0.29) is 23.4 Å². The van der Waals surface area contributed by atoms with E-state index in [2.05, 4.69) is 15.6 Å². The standard InChI is InChI=1S/C13H18F3N3O2S/c1-12(2,11-18-9(7-22-11)13(14,15)16)19-10(20)5-8-6-21-4-3-17-8/h7-8,17H,3-6H2,1-2H3,(H,19,20). The van der Waals surface area contributed by atoms with Crippen molar-refractivity contribution >= 4 is 17.2 Å². The maximum Gasteiger partial charge on any atom is 0.434 e. The fraction of sp³-hybridized carbons (Fsp3) is 0.692. The number of halogens is 3. The Labute approximate surface area is 130 Å². The second-order valence-electron chi connectivity index (χ2n) is 5.64. The average Bonchev–Trinajstić information content (AvgIpc) is 2.89. The Kier molecular flexibility index (Phi) is 5.08. The van der Waals surface area contributed by atoms with Crippen molar-refractivity contribution in [3.63, 3.8) is 0 Å². The molecule has 1 unspecified atom stereocenters. The third-order valence-electron chi connectivity index (χ3n) is 3.21. The lowest BCUT2D eigenvalue weighted by atomic mass is 10.1. The van der Waals surface area contributed by atoms with Crippen molar-refractivity contribution in [3.05, 3.63) is 16.1 Å². The van der Waals surface area contributed by atoms with Gasteiger partial charge in [-0.1, -0.05) is 0 Å². The number of alkyl halides is 3. The number of rotatable bonds is 4. The van der Waals surface area contributed by atoms with Crippen molar-refractivity contribution in [2.24, 2.45) is 0 Å². The van der Waals surface area contributed by atoms with E-state index in [9.17, 15) is 18.0 Å². The molecule has 0 bridgehead atoms. The van der Waals surface area contributed by atoms with Gasteiger partial charge in [-0.3, -0.25) is 4.79 Å². The topological polar surface area (TPSA) is 63.2 Å². The number of amides is 1. The van der Waals surface area contributed by atoms with Crippen LogP contribution in [0.3, 0.4) is 0 Å². The van der Waals surface area contributed by atoms with Crippen LogP contribution in [0.5, 0.6) is 0 Å². The van der Waals surface area contributed by atoms with Gasteiger partial charge in [0.2, 0.25) is 5.91 Å². The van der Waals surface area contributed by atoms with E-state index in [4.69, 9.17) is 4.74 Å². The summed E-state index contributed by atoms with van der Waals surface area (Å²) in [5.41, 5.74) is -1.89. The normalized spacial score (nSPS) is 20.0. The van der Waals surface area contributed by atoms with Crippen molar-refractivity contribution in [3.8, 4) is 0 Å². The van der Waals surface area contributed by atoms with E-state index in [0.717, 1.165) is 16.7 Å². The molecule has 1 fully saturated rings. The first-order chi connectivity index (χ1) is 10.2. The Morgan fingerprint density at radius 3 is 2.82 bits per heavy atom. The molecule has 5 nitrogen and oxygen atoms in total. The molecule has 1 aliphatic heterocycles. The predicted molar refractivity (Wildman–Crippen MR) is 75.5 cm³/mol. The monoisotopic (exact) mass is 337 g/mol. The Balaban J connectivity index is 1.97. The summed E-state index contributed by atoms with van der Waals surface area (Å²) in [5, 5.41) is 7.06. The van der Waals surface area contributed by atoms with Crippen LogP contribution in [0, 0.1) is 0 Å². The number of carbonyl (C=O) groups is 1. The number of hydrogen-bond acceptors (Lipinski definition) is 5. The summed E-state index contributed by atoms with van der Waals surface area (Å²) in [5.74, 6) is -0.253. The minimum absolute atomic E-state index is 0.0772. The summed E-state index contributed by atoms with van der Waals surface area (Å²) in [6, 6.07) is -0.0772. The number of ether oxygens (including phenoxy) is 1. The van der Waals surface area contributed by atoms with Gasteiger partial charge in [0.1, 0.15) is 5.01 Å². The van der Waals surface area contributed by atoms with E-state index in [1.165, 1.54) is 0 Å². The molecule has 124 valence electrons.